The van der Waals surface area contributed by atoms with E-state index >= 15 is 0 Å². The van der Waals surface area contributed by atoms with E-state index in [0.717, 1.165) is 103 Å². The summed E-state index contributed by atoms with van der Waals surface area (Å²) in [6, 6.07) is -1.56. The zero-order valence-corrected chi connectivity index (χ0v) is 40.7. The molecule has 1 amide bonds. The second kappa shape index (κ2) is 46.2. The third-order valence-electron chi connectivity index (χ3n) is 10.2. The lowest BCUT2D eigenvalue weighted by Crippen LogP contribution is -2.43. The normalized spacial score (nSPS) is 14.3. The number of aliphatic hydroxyl groups is 1. The summed E-state index contributed by atoms with van der Waals surface area (Å²) < 4.78 is 26.9. The van der Waals surface area contributed by atoms with E-state index in [2.05, 4.69) is 104 Å². The molecule has 0 bridgehead atoms. The SMILES string of the molecule is CCCCC/C=C\C/C=C\C/C=C\C/C=C\CCCCCCCC(=O)NC(COP(=O)(O)OCC(O)COC(=O)CCCCCCCC/C=C\C/C=C\C/C=C\CCCCC)C(=O)O. The zero-order chi connectivity index (χ0) is 47.0. The maximum absolute atomic E-state index is 12.4. The lowest BCUT2D eigenvalue weighted by atomic mass is 10.1. The number of hydrogen-bond acceptors (Lipinski definition) is 8. The van der Waals surface area contributed by atoms with Gasteiger partial charge in [0, 0.05) is 12.8 Å². The molecule has 0 radical (unpaired) electrons. The lowest BCUT2D eigenvalue weighted by molar-refractivity contribution is -0.147. The van der Waals surface area contributed by atoms with Gasteiger partial charge in [0.05, 0.1) is 13.2 Å². The minimum Gasteiger partial charge on any atom is -0.480 e. The molecule has 0 saturated carbocycles. The highest BCUT2D eigenvalue weighted by molar-refractivity contribution is 7.47. The lowest BCUT2D eigenvalue weighted by Gasteiger charge is -2.18. The number of phosphoric ester groups is 1. The number of carboxylic acid groups (broad SMARTS) is 1. The monoisotopic (exact) mass is 918 g/mol. The number of phosphoric acid groups is 1. The molecule has 3 atom stereocenters. The number of nitrogens with one attached hydrogen (secondary N) is 1. The first-order valence-corrected chi connectivity index (χ1v) is 26.1. The number of hydrogen-bond donors (Lipinski definition) is 4. The van der Waals surface area contributed by atoms with Crippen molar-refractivity contribution >= 4 is 25.7 Å². The van der Waals surface area contributed by atoms with Crippen molar-refractivity contribution in [3.05, 3.63) is 85.1 Å². The number of ether oxygens (including phenoxy) is 1. The van der Waals surface area contributed by atoms with E-state index in [1.54, 1.807) is 0 Å². The van der Waals surface area contributed by atoms with Crippen LogP contribution in [0.5, 0.6) is 0 Å². The summed E-state index contributed by atoms with van der Waals surface area (Å²) in [4.78, 5) is 46.1. The Labute approximate surface area is 388 Å². The summed E-state index contributed by atoms with van der Waals surface area (Å²) in [6.45, 7) is 2.51. The van der Waals surface area contributed by atoms with Crippen LogP contribution in [0, 0.1) is 0 Å². The smallest absolute Gasteiger partial charge is 0.472 e. The van der Waals surface area contributed by atoms with Gasteiger partial charge in [-0.15, -0.1) is 0 Å². The Kier molecular flexibility index (Phi) is 43.8. The van der Waals surface area contributed by atoms with Gasteiger partial charge >= 0.3 is 19.8 Å². The van der Waals surface area contributed by atoms with E-state index < -0.39 is 57.6 Å². The van der Waals surface area contributed by atoms with Gasteiger partial charge in [0.2, 0.25) is 5.91 Å². The van der Waals surface area contributed by atoms with Crippen LogP contribution in [0.4, 0.5) is 0 Å². The van der Waals surface area contributed by atoms with E-state index in [9.17, 15) is 34.1 Å². The Morgan fingerprint density at radius 1 is 0.500 bits per heavy atom. The average molecular weight is 918 g/mol. The molecule has 0 saturated heterocycles. The fourth-order valence-corrected chi connectivity index (χ4v) is 7.08. The summed E-state index contributed by atoms with van der Waals surface area (Å²) in [5.41, 5.74) is 0. The number of rotatable bonds is 45. The van der Waals surface area contributed by atoms with Crippen molar-refractivity contribution in [3.8, 4) is 0 Å². The molecule has 366 valence electrons. The van der Waals surface area contributed by atoms with Crippen molar-refractivity contribution in [1.82, 2.24) is 5.32 Å². The molecule has 0 aliphatic heterocycles. The van der Waals surface area contributed by atoms with E-state index in [1.807, 2.05) is 0 Å². The quantitative estimate of drug-likeness (QED) is 0.0200. The molecule has 0 rings (SSSR count). The summed E-state index contributed by atoms with van der Waals surface area (Å²) in [5.74, 6) is -2.42. The van der Waals surface area contributed by atoms with Crippen LogP contribution < -0.4 is 5.32 Å². The van der Waals surface area contributed by atoms with Crippen molar-refractivity contribution < 1.29 is 47.8 Å². The third-order valence-corrected chi connectivity index (χ3v) is 11.1. The Morgan fingerprint density at radius 2 is 0.859 bits per heavy atom. The molecular weight excluding hydrogens is 830 g/mol. The van der Waals surface area contributed by atoms with E-state index in [-0.39, 0.29) is 12.8 Å². The van der Waals surface area contributed by atoms with Crippen molar-refractivity contribution in [2.45, 2.75) is 206 Å². The first-order valence-electron chi connectivity index (χ1n) is 24.6. The number of aliphatic hydroxyl groups excluding tert-OH is 1. The van der Waals surface area contributed by atoms with Crippen molar-refractivity contribution in [2.24, 2.45) is 0 Å². The second-order valence-electron chi connectivity index (χ2n) is 16.3. The predicted molar refractivity (Wildman–Crippen MR) is 263 cm³/mol. The largest absolute Gasteiger partial charge is 0.480 e. The number of carboxylic acids is 1. The van der Waals surface area contributed by atoms with Crippen molar-refractivity contribution in [2.75, 3.05) is 19.8 Å². The van der Waals surface area contributed by atoms with Gasteiger partial charge < -0.3 is 25.2 Å². The molecule has 0 aliphatic carbocycles. The van der Waals surface area contributed by atoms with Gasteiger partial charge in [0.1, 0.15) is 12.7 Å². The molecule has 0 aromatic heterocycles. The number of carbonyl (C=O) groups is 3. The van der Waals surface area contributed by atoms with Gasteiger partial charge in [-0.3, -0.25) is 18.6 Å². The number of carbonyl (C=O) groups excluding carboxylic acids is 2. The van der Waals surface area contributed by atoms with Crippen LogP contribution in [0.15, 0.2) is 85.1 Å². The Balaban J connectivity index is 3.93. The average Bonchev–Trinajstić information content (AvgIpc) is 3.27. The predicted octanol–water partition coefficient (Wildman–Crippen LogP) is 13.4. The van der Waals surface area contributed by atoms with Gasteiger partial charge in [-0.1, -0.05) is 170 Å². The Hall–Kier alpha value is -3.34. The van der Waals surface area contributed by atoms with Gasteiger partial charge in [-0.05, 0) is 96.3 Å². The zero-order valence-electron chi connectivity index (χ0n) is 39.8. The summed E-state index contributed by atoms with van der Waals surface area (Å²) in [6.07, 6.45) is 57.3. The molecule has 0 aliphatic rings. The molecule has 0 fully saturated rings. The highest BCUT2D eigenvalue weighted by atomic mass is 31.2. The van der Waals surface area contributed by atoms with Crippen LogP contribution >= 0.6 is 7.82 Å². The molecule has 11 nitrogen and oxygen atoms in total. The molecule has 0 heterocycles. The maximum Gasteiger partial charge on any atom is 0.472 e. The molecular formula is C52H88NO10P. The third kappa shape index (κ3) is 45.2. The fourth-order valence-electron chi connectivity index (χ4n) is 6.30. The van der Waals surface area contributed by atoms with Crippen molar-refractivity contribution in [3.63, 3.8) is 0 Å². The minimum atomic E-state index is -4.78. The minimum absolute atomic E-state index is 0.119. The van der Waals surface area contributed by atoms with Crippen molar-refractivity contribution in [1.29, 1.82) is 0 Å². The molecule has 64 heavy (non-hydrogen) atoms. The molecule has 0 aromatic carbocycles. The topological polar surface area (TPSA) is 169 Å². The Bertz CT molecular complexity index is 1400. The molecule has 0 aromatic rings. The van der Waals surface area contributed by atoms with Crippen LogP contribution in [0.2, 0.25) is 0 Å². The summed E-state index contributed by atoms with van der Waals surface area (Å²) in [5, 5.41) is 21.9. The van der Waals surface area contributed by atoms with E-state index in [4.69, 9.17) is 13.8 Å². The highest BCUT2D eigenvalue weighted by Gasteiger charge is 2.28. The van der Waals surface area contributed by atoms with E-state index in [0.29, 0.717) is 12.8 Å². The standard InChI is InChI=1S/C52H88NO10P/c1-3-5-7-9-11-13-15-17-19-21-23-24-26-27-29-31-33-35-37-39-41-43-50(55)53-49(52(57)58)47-63-64(59,60)62-46-48(54)45-61-51(56)44-42-40-38-36-34-32-30-28-25-22-20-18-16-14-12-10-8-6-4-2/h11-14,17-20,23-25,27-29,48-49,54H,3-10,15-16,21-22,26,30-47H2,1-2H3,(H,53,55)(H,57,58)(H,59,60)/b13-11-,14-12-,19-17-,20-18-,24-23-,28-25-,29-27-. The van der Waals surface area contributed by atoms with Gasteiger partial charge in [-0.25, -0.2) is 9.36 Å². The first kappa shape index (κ1) is 60.7. The highest BCUT2D eigenvalue weighted by Crippen LogP contribution is 2.43. The number of esters is 1. The van der Waals surface area contributed by atoms with Crippen LogP contribution in [-0.2, 0) is 32.7 Å². The molecule has 3 unspecified atom stereocenters. The number of allylic oxidation sites excluding steroid dienone is 14. The Morgan fingerprint density at radius 3 is 1.28 bits per heavy atom. The van der Waals surface area contributed by atoms with E-state index in [1.165, 1.54) is 51.4 Å². The molecule has 12 heteroatoms. The summed E-state index contributed by atoms with van der Waals surface area (Å²) >= 11 is 0. The fraction of sp³-hybridized carbons (Fsp3) is 0.673. The maximum atomic E-state index is 12.4. The van der Waals surface area contributed by atoms with Gasteiger partial charge in [-0.2, -0.15) is 0 Å². The van der Waals surface area contributed by atoms with Crippen LogP contribution in [0.25, 0.3) is 0 Å². The van der Waals surface area contributed by atoms with Crippen LogP contribution in [-0.4, -0.2) is 64.9 Å². The number of amides is 1. The second-order valence-corrected chi connectivity index (χ2v) is 17.7. The van der Waals surface area contributed by atoms with Crippen LogP contribution in [0.1, 0.15) is 194 Å². The summed E-state index contributed by atoms with van der Waals surface area (Å²) in [7, 11) is -4.78. The molecule has 0 spiro atoms. The first-order chi connectivity index (χ1) is 31.1. The number of aliphatic carboxylic acids is 1. The van der Waals surface area contributed by atoms with Gasteiger partial charge in [0.15, 0.2) is 6.04 Å². The molecule has 4 N–H and O–H groups in total. The van der Waals surface area contributed by atoms with Gasteiger partial charge in [0.25, 0.3) is 0 Å². The number of unbranched alkanes of at least 4 members (excludes halogenated alkanes) is 17. The van der Waals surface area contributed by atoms with Crippen LogP contribution in [0.3, 0.4) is 0 Å².